The van der Waals surface area contributed by atoms with Gasteiger partial charge < -0.3 is 71.1 Å². The second-order valence-corrected chi connectivity index (χ2v) is 21.0. The number of rotatable bonds is 75. The number of ether oxygens (including phenoxy) is 15. The highest BCUT2D eigenvalue weighted by Gasteiger charge is 2.11. The van der Waals surface area contributed by atoms with Crippen LogP contribution in [0.4, 0.5) is 0 Å². The van der Waals surface area contributed by atoms with E-state index in [1.54, 1.807) is 7.11 Å². The summed E-state index contributed by atoms with van der Waals surface area (Å²) in [6, 6.07) is 0. The molecular weight excluding hydrogens is 1010 g/mol. The molecule has 15 heteroatoms. The van der Waals surface area contributed by atoms with Crippen LogP contribution in [0, 0.1) is 0 Å². The van der Waals surface area contributed by atoms with Crippen molar-refractivity contribution < 1.29 is 71.1 Å². The van der Waals surface area contributed by atoms with Crippen LogP contribution in [0.2, 0.25) is 0 Å². The molecule has 0 saturated heterocycles. The average molecular weight is 1140 g/mol. The number of methoxy groups -OCH3 is 1. The highest BCUT2D eigenvalue weighted by atomic mass is 16.6. The third-order valence-corrected chi connectivity index (χ3v) is 13.6. The van der Waals surface area contributed by atoms with Gasteiger partial charge in [-0.05, 0) is 12.8 Å². The van der Waals surface area contributed by atoms with Gasteiger partial charge in [0.15, 0.2) is 0 Å². The van der Waals surface area contributed by atoms with Crippen LogP contribution in [0.3, 0.4) is 0 Å². The molecule has 0 N–H and O–H groups in total. The van der Waals surface area contributed by atoms with Crippen molar-refractivity contribution in [2.24, 2.45) is 0 Å². The first-order chi connectivity index (χ1) is 39.3. The first-order valence-electron chi connectivity index (χ1n) is 33.0. The monoisotopic (exact) mass is 1140 g/mol. The second-order valence-electron chi connectivity index (χ2n) is 21.0. The first kappa shape index (κ1) is 78.4. The predicted octanol–water partition coefficient (Wildman–Crippen LogP) is 13.8. The summed E-state index contributed by atoms with van der Waals surface area (Å²) < 4.78 is 84.4. The van der Waals surface area contributed by atoms with Crippen LogP contribution < -0.4 is 0 Å². The van der Waals surface area contributed by atoms with E-state index in [2.05, 4.69) is 13.8 Å². The maximum Gasteiger partial charge on any atom is 0.104 e. The summed E-state index contributed by atoms with van der Waals surface area (Å²) in [6.07, 6.45) is 43.9. The molecular formula is C64H130O15. The van der Waals surface area contributed by atoms with Crippen molar-refractivity contribution in [1.82, 2.24) is 0 Å². The lowest BCUT2D eigenvalue weighted by molar-refractivity contribution is -0.0702. The number of unbranched alkanes of at least 4 members (excludes halogenated alkanes) is 30. The van der Waals surface area contributed by atoms with E-state index in [1.807, 2.05) is 0 Å². The fourth-order valence-electron chi connectivity index (χ4n) is 8.79. The van der Waals surface area contributed by atoms with Crippen molar-refractivity contribution in [2.75, 3.05) is 192 Å². The minimum Gasteiger partial charge on any atom is -0.382 e. The molecule has 0 aliphatic rings. The summed E-state index contributed by atoms with van der Waals surface area (Å²) in [5.41, 5.74) is 0. The van der Waals surface area contributed by atoms with Crippen LogP contribution in [0.15, 0.2) is 0 Å². The van der Waals surface area contributed by atoms with Gasteiger partial charge >= 0.3 is 0 Å². The van der Waals surface area contributed by atoms with E-state index in [0.717, 1.165) is 26.1 Å². The summed E-state index contributed by atoms with van der Waals surface area (Å²) in [5.74, 6) is 0. The first-order valence-corrected chi connectivity index (χ1v) is 33.0. The molecule has 0 unspecified atom stereocenters. The Morgan fingerprint density at radius 1 is 0.177 bits per heavy atom. The lowest BCUT2D eigenvalue weighted by Crippen LogP contribution is -2.27. The van der Waals surface area contributed by atoms with Crippen LogP contribution in [0.25, 0.3) is 0 Å². The van der Waals surface area contributed by atoms with Gasteiger partial charge in [-0.2, -0.15) is 0 Å². The molecule has 0 spiro atoms. The van der Waals surface area contributed by atoms with Crippen molar-refractivity contribution >= 4 is 0 Å². The minimum atomic E-state index is -0.0431. The molecule has 79 heavy (non-hydrogen) atoms. The molecule has 0 heterocycles. The molecule has 0 aromatic heterocycles. The maximum atomic E-state index is 6.32. The normalized spacial score (nSPS) is 12.2. The Bertz CT molecular complexity index is 1040. The molecule has 0 amide bonds. The van der Waals surface area contributed by atoms with Crippen molar-refractivity contribution in [3.8, 4) is 0 Å². The Labute approximate surface area is 486 Å². The third kappa shape index (κ3) is 73.5. The highest BCUT2D eigenvalue weighted by Crippen LogP contribution is 2.16. The highest BCUT2D eigenvalue weighted by molar-refractivity contribution is 4.58. The van der Waals surface area contributed by atoms with Crippen LogP contribution in [-0.4, -0.2) is 198 Å². The topological polar surface area (TPSA) is 138 Å². The zero-order valence-electron chi connectivity index (χ0n) is 52.1. The SMILES string of the molecule is CCCCCCCCCCCCCCCCCCOC[C@@H](COCCOCCOCCOCCOCCOCCOCCOCCOCCOCCOCCOCCOC)OCCCCCCCCCCCCCCCCCC. The summed E-state index contributed by atoms with van der Waals surface area (Å²) in [6.45, 7) is 19.9. The van der Waals surface area contributed by atoms with E-state index in [9.17, 15) is 0 Å². The molecule has 0 saturated carbocycles. The molecule has 15 nitrogen and oxygen atoms in total. The molecule has 476 valence electrons. The van der Waals surface area contributed by atoms with Gasteiger partial charge in [-0.15, -0.1) is 0 Å². The Hall–Kier alpha value is -0.600. The Balaban J connectivity index is 3.80. The molecule has 0 aliphatic heterocycles. The van der Waals surface area contributed by atoms with E-state index in [0.29, 0.717) is 172 Å². The second kappa shape index (κ2) is 75.4. The predicted molar refractivity (Wildman–Crippen MR) is 321 cm³/mol. The van der Waals surface area contributed by atoms with E-state index in [4.69, 9.17) is 71.1 Å². The Morgan fingerprint density at radius 3 is 0.582 bits per heavy atom. The molecule has 0 radical (unpaired) electrons. The number of hydrogen-bond donors (Lipinski definition) is 0. The van der Waals surface area contributed by atoms with Crippen LogP contribution in [0.5, 0.6) is 0 Å². The quantitative estimate of drug-likeness (QED) is 0.0534. The lowest BCUT2D eigenvalue weighted by Gasteiger charge is -2.18. The summed E-state index contributed by atoms with van der Waals surface area (Å²) >= 11 is 0. The third-order valence-electron chi connectivity index (χ3n) is 13.6. The summed E-state index contributed by atoms with van der Waals surface area (Å²) in [7, 11) is 1.65. The van der Waals surface area contributed by atoms with Gasteiger partial charge in [0, 0.05) is 20.3 Å². The van der Waals surface area contributed by atoms with Gasteiger partial charge in [0.2, 0.25) is 0 Å². The summed E-state index contributed by atoms with van der Waals surface area (Å²) in [5, 5.41) is 0. The van der Waals surface area contributed by atoms with Gasteiger partial charge in [-0.25, -0.2) is 0 Å². The van der Waals surface area contributed by atoms with E-state index in [-0.39, 0.29) is 6.10 Å². The van der Waals surface area contributed by atoms with Gasteiger partial charge in [-0.1, -0.05) is 206 Å². The molecule has 1 atom stereocenters. The fourth-order valence-corrected chi connectivity index (χ4v) is 8.79. The zero-order chi connectivity index (χ0) is 56.6. The standard InChI is InChI=1S/C64H130O15/c1-4-6-8-10-12-14-16-18-20-22-24-26-28-30-32-34-36-77-62-64(79-37-35-33-31-29-27-25-23-21-19-17-15-13-11-9-7-5-2)63-78-61-60-76-59-58-75-57-56-74-55-54-73-53-52-72-51-50-71-49-48-70-47-46-69-45-44-68-43-42-67-41-40-66-39-38-65-3/h64H,4-63H2,1-3H3/t64-/m0/s1. The molecule has 0 rings (SSSR count). The van der Waals surface area contributed by atoms with E-state index >= 15 is 0 Å². The lowest BCUT2D eigenvalue weighted by atomic mass is 10.0. The fraction of sp³-hybridized carbons (Fsp3) is 1.00. The van der Waals surface area contributed by atoms with E-state index in [1.165, 1.54) is 193 Å². The van der Waals surface area contributed by atoms with Crippen molar-refractivity contribution in [1.29, 1.82) is 0 Å². The largest absolute Gasteiger partial charge is 0.382 e. The average Bonchev–Trinajstić information content (AvgIpc) is 3.46. The van der Waals surface area contributed by atoms with Crippen LogP contribution in [-0.2, 0) is 71.1 Å². The molecule has 0 bridgehead atoms. The van der Waals surface area contributed by atoms with E-state index < -0.39 is 0 Å². The number of hydrogen-bond acceptors (Lipinski definition) is 15. The Kier molecular flexibility index (Phi) is 74.8. The molecule has 0 aliphatic carbocycles. The molecule has 0 fully saturated rings. The van der Waals surface area contributed by atoms with Gasteiger partial charge in [0.25, 0.3) is 0 Å². The zero-order valence-corrected chi connectivity index (χ0v) is 52.1. The maximum absolute atomic E-state index is 6.32. The minimum absolute atomic E-state index is 0.0431. The van der Waals surface area contributed by atoms with Crippen LogP contribution in [0.1, 0.15) is 219 Å². The van der Waals surface area contributed by atoms with Crippen molar-refractivity contribution in [3.05, 3.63) is 0 Å². The molecule has 0 aromatic carbocycles. The van der Waals surface area contributed by atoms with Crippen molar-refractivity contribution in [2.45, 2.75) is 225 Å². The van der Waals surface area contributed by atoms with Crippen LogP contribution >= 0.6 is 0 Å². The van der Waals surface area contributed by atoms with Gasteiger partial charge in [0.1, 0.15) is 6.10 Å². The Morgan fingerprint density at radius 2 is 0.354 bits per heavy atom. The van der Waals surface area contributed by atoms with Crippen molar-refractivity contribution in [3.63, 3.8) is 0 Å². The van der Waals surface area contributed by atoms with Gasteiger partial charge in [-0.3, -0.25) is 0 Å². The summed E-state index contributed by atoms with van der Waals surface area (Å²) in [4.78, 5) is 0. The molecule has 0 aromatic rings. The van der Waals surface area contributed by atoms with Gasteiger partial charge in [0.05, 0.1) is 172 Å². The smallest absolute Gasteiger partial charge is 0.104 e.